The Kier molecular flexibility index (Phi) is 6.16. The monoisotopic (exact) mass is 166 g/mol. The third kappa shape index (κ3) is 7.13. The van der Waals surface area contributed by atoms with Gasteiger partial charge in [-0.15, -0.1) is 0 Å². The Morgan fingerprint density at radius 1 is 1.25 bits per heavy atom. The Hall–Kier alpha value is -0.980. The molecule has 0 radical (unpaired) electrons. The van der Waals surface area contributed by atoms with Crippen LogP contribution >= 0.6 is 0 Å². The molecule has 1 N–H and O–H groups in total. The molecule has 0 aromatic heterocycles. The molecule has 68 valence electrons. The van der Waals surface area contributed by atoms with Gasteiger partial charge in [-0.3, -0.25) is 0 Å². The predicted molar refractivity (Wildman–Crippen MR) is 54.2 cm³/mol. The highest BCUT2D eigenvalue weighted by Gasteiger charge is 1.89. The van der Waals surface area contributed by atoms with Crippen LogP contribution in [0.5, 0.6) is 0 Å². The fourth-order valence-corrected chi connectivity index (χ4v) is 0.899. The van der Waals surface area contributed by atoms with Gasteiger partial charge in [0.15, 0.2) is 0 Å². The average molecular weight is 166 g/mol. The van der Waals surface area contributed by atoms with E-state index < -0.39 is 0 Å². The topological polar surface area (TPSA) is 20.2 Å². The van der Waals surface area contributed by atoms with Gasteiger partial charge in [-0.05, 0) is 18.9 Å². The van der Waals surface area contributed by atoms with Crippen LogP contribution in [0.4, 0.5) is 0 Å². The molecule has 1 heteroatoms. The van der Waals surface area contributed by atoms with E-state index in [-0.39, 0.29) is 5.76 Å². The zero-order valence-electron chi connectivity index (χ0n) is 7.84. The average Bonchev–Trinajstić information content (AvgIpc) is 2.01. The molecule has 0 aromatic rings. The third-order valence-corrected chi connectivity index (χ3v) is 1.61. The van der Waals surface area contributed by atoms with E-state index in [2.05, 4.69) is 20.1 Å². The van der Waals surface area contributed by atoms with Gasteiger partial charge in [0.1, 0.15) is 5.76 Å². The zero-order valence-corrected chi connectivity index (χ0v) is 7.84. The SMILES string of the molecule is C=C(O)/C=C\C(=C)CCCCC. The van der Waals surface area contributed by atoms with E-state index >= 15 is 0 Å². The molecule has 0 amide bonds. The van der Waals surface area contributed by atoms with Gasteiger partial charge >= 0.3 is 0 Å². The van der Waals surface area contributed by atoms with Gasteiger partial charge in [0.2, 0.25) is 0 Å². The molecule has 0 rings (SSSR count). The van der Waals surface area contributed by atoms with E-state index in [1.165, 1.54) is 19.3 Å². The number of rotatable bonds is 6. The van der Waals surface area contributed by atoms with Crippen molar-refractivity contribution < 1.29 is 5.11 Å². The molecule has 0 saturated heterocycles. The van der Waals surface area contributed by atoms with Crippen LogP contribution in [0, 0.1) is 0 Å². The lowest BCUT2D eigenvalue weighted by molar-refractivity contribution is 0.435. The summed E-state index contributed by atoms with van der Waals surface area (Å²) in [5.74, 6) is 0.0895. The summed E-state index contributed by atoms with van der Waals surface area (Å²) in [6, 6.07) is 0. The molecule has 0 saturated carbocycles. The largest absolute Gasteiger partial charge is 0.509 e. The summed E-state index contributed by atoms with van der Waals surface area (Å²) in [6.07, 6.45) is 8.05. The van der Waals surface area contributed by atoms with Crippen molar-refractivity contribution in [3.63, 3.8) is 0 Å². The Bertz CT molecular complexity index is 177. The summed E-state index contributed by atoms with van der Waals surface area (Å²) in [4.78, 5) is 0. The molecule has 0 aliphatic carbocycles. The van der Waals surface area contributed by atoms with Crippen LogP contribution in [0.3, 0.4) is 0 Å². The van der Waals surface area contributed by atoms with E-state index in [4.69, 9.17) is 5.11 Å². The van der Waals surface area contributed by atoms with Crippen molar-refractivity contribution in [2.75, 3.05) is 0 Å². The van der Waals surface area contributed by atoms with Crippen LogP contribution in [0.15, 0.2) is 36.6 Å². The zero-order chi connectivity index (χ0) is 9.40. The molecule has 0 spiro atoms. The van der Waals surface area contributed by atoms with Crippen LogP contribution in [0.2, 0.25) is 0 Å². The van der Waals surface area contributed by atoms with Crippen molar-refractivity contribution in [1.82, 2.24) is 0 Å². The second-order valence-corrected chi connectivity index (χ2v) is 2.94. The van der Waals surface area contributed by atoms with Gasteiger partial charge in [0.05, 0.1) is 0 Å². The summed E-state index contributed by atoms with van der Waals surface area (Å²) in [5.41, 5.74) is 1.05. The number of hydrogen-bond acceptors (Lipinski definition) is 1. The number of aliphatic hydroxyl groups is 1. The van der Waals surface area contributed by atoms with Crippen LogP contribution in [0.1, 0.15) is 32.6 Å². The Morgan fingerprint density at radius 3 is 2.42 bits per heavy atom. The van der Waals surface area contributed by atoms with Gasteiger partial charge in [-0.25, -0.2) is 0 Å². The molecule has 0 aromatic carbocycles. The molecule has 0 heterocycles. The lowest BCUT2D eigenvalue weighted by Gasteiger charge is -1.97. The van der Waals surface area contributed by atoms with E-state index in [1.54, 1.807) is 6.08 Å². The maximum absolute atomic E-state index is 8.75. The molecular formula is C11H18O. The standard InChI is InChI=1S/C11H18O/c1-4-5-6-7-10(2)8-9-11(3)12/h8-9,12H,2-7H2,1H3/b9-8-. The summed E-state index contributed by atoms with van der Waals surface area (Å²) < 4.78 is 0. The first-order chi connectivity index (χ1) is 5.66. The van der Waals surface area contributed by atoms with Gasteiger partial charge in [-0.1, -0.05) is 44.6 Å². The summed E-state index contributed by atoms with van der Waals surface area (Å²) in [7, 11) is 0. The Labute approximate surface area is 75.1 Å². The first kappa shape index (κ1) is 11.0. The highest BCUT2D eigenvalue weighted by molar-refractivity contribution is 5.20. The highest BCUT2D eigenvalue weighted by atomic mass is 16.3. The summed E-state index contributed by atoms with van der Waals surface area (Å²) >= 11 is 0. The van der Waals surface area contributed by atoms with Crippen LogP contribution in [0.25, 0.3) is 0 Å². The van der Waals surface area contributed by atoms with E-state index in [0.717, 1.165) is 12.0 Å². The minimum Gasteiger partial charge on any atom is -0.509 e. The second kappa shape index (κ2) is 6.71. The number of unbranched alkanes of at least 4 members (excludes halogenated alkanes) is 2. The number of aliphatic hydroxyl groups excluding tert-OH is 1. The van der Waals surface area contributed by atoms with Gasteiger partial charge in [0, 0.05) is 0 Å². The fraction of sp³-hybridized carbons (Fsp3) is 0.455. The van der Waals surface area contributed by atoms with Crippen molar-refractivity contribution in [2.24, 2.45) is 0 Å². The molecule has 0 bridgehead atoms. The van der Waals surface area contributed by atoms with Crippen molar-refractivity contribution in [3.05, 3.63) is 36.6 Å². The molecule has 0 unspecified atom stereocenters. The minimum absolute atomic E-state index is 0.0895. The second-order valence-electron chi connectivity index (χ2n) is 2.94. The smallest absolute Gasteiger partial charge is 0.108 e. The molecule has 12 heavy (non-hydrogen) atoms. The van der Waals surface area contributed by atoms with Gasteiger partial charge in [0.25, 0.3) is 0 Å². The predicted octanol–water partition coefficient (Wildman–Crippen LogP) is 3.75. The first-order valence-corrected chi connectivity index (χ1v) is 4.40. The van der Waals surface area contributed by atoms with Crippen molar-refractivity contribution in [3.8, 4) is 0 Å². The minimum atomic E-state index is 0.0895. The molecule has 0 aliphatic heterocycles. The number of allylic oxidation sites excluding steroid dienone is 3. The third-order valence-electron chi connectivity index (χ3n) is 1.61. The molecule has 0 aliphatic rings. The summed E-state index contributed by atoms with van der Waals surface area (Å²) in [5, 5.41) is 8.75. The molecule has 0 fully saturated rings. The van der Waals surface area contributed by atoms with E-state index in [1.807, 2.05) is 6.08 Å². The van der Waals surface area contributed by atoms with Crippen molar-refractivity contribution in [1.29, 1.82) is 0 Å². The highest BCUT2D eigenvalue weighted by Crippen LogP contribution is 2.08. The van der Waals surface area contributed by atoms with Gasteiger partial charge in [-0.2, -0.15) is 0 Å². The lowest BCUT2D eigenvalue weighted by atomic mass is 10.1. The van der Waals surface area contributed by atoms with Gasteiger partial charge < -0.3 is 5.11 Å². The van der Waals surface area contributed by atoms with Crippen LogP contribution in [-0.4, -0.2) is 5.11 Å². The van der Waals surface area contributed by atoms with Crippen LogP contribution in [-0.2, 0) is 0 Å². The van der Waals surface area contributed by atoms with E-state index in [0.29, 0.717) is 0 Å². The van der Waals surface area contributed by atoms with Crippen LogP contribution < -0.4 is 0 Å². The maximum atomic E-state index is 8.75. The fourth-order valence-electron chi connectivity index (χ4n) is 0.899. The molecule has 0 atom stereocenters. The lowest BCUT2D eigenvalue weighted by Crippen LogP contribution is -1.78. The Morgan fingerprint density at radius 2 is 1.92 bits per heavy atom. The quantitative estimate of drug-likeness (QED) is 0.362. The van der Waals surface area contributed by atoms with Crippen molar-refractivity contribution >= 4 is 0 Å². The summed E-state index contributed by atoms with van der Waals surface area (Å²) in [6.45, 7) is 9.39. The first-order valence-electron chi connectivity index (χ1n) is 4.40. The molecule has 1 nitrogen and oxygen atoms in total. The normalized spacial score (nSPS) is 10.4. The number of hydrogen-bond donors (Lipinski definition) is 1. The Balaban J connectivity index is 3.53. The van der Waals surface area contributed by atoms with E-state index in [9.17, 15) is 0 Å². The molecular weight excluding hydrogens is 148 g/mol. The maximum Gasteiger partial charge on any atom is 0.108 e. The van der Waals surface area contributed by atoms with Crippen molar-refractivity contribution in [2.45, 2.75) is 32.6 Å².